The van der Waals surface area contributed by atoms with E-state index in [9.17, 15) is 24.6 Å². The average molecular weight is 847 g/mol. The van der Waals surface area contributed by atoms with Crippen LogP contribution in [-0.2, 0) is 14.4 Å². The first-order valence-corrected chi connectivity index (χ1v) is 21.1. The molecule has 2 amide bonds. The van der Waals surface area contributed by atoms with E-state index < -0.39 is 29.9 Å². The van der Waals surface area contributed by atoms with Crippen LogP contribution in [0.1, 0.15) is 86.0 Å². The Morgan fingerprint density at radius 2 is 1.56 bits per heavy atom. The number of carboxylic acid groups (broad SMARTS) is 1. The van der Waals surface area contributed by atoms with Gasteiger partial charge in [0.2, 0.25) is 11.8 Å². The van der Waals surface area contributed by atoms with Crippen molar-refractivity contribution in [2.24, 2.45) is 59.7 Å². The fraction of sp³-hybridized carbons (Fsp3) is 0.422. The van der Waals surface area contributed by atoms with Gasteiger partial charge in [0.25, 0.3) is 0 Å². The van der Waals surface area contributed by atoms with E-state index >= 15 is 0 Å². The minimum absolute atomic E-state index is 0.0334. The Kier molecular flexibility index (Phi) is 13.6. The average Bonchev–Trinajstić information content (AvgIpc) is 3.97. The van der Waals surface area contributed by atoms with Crippen molar-refractivity contribution in [2.75, 3.05) is 13.1 Å². The summed E-state index contributed by atoms with van der Waals surface area (Å²) in [5, 5.41) is 30.5. The van der Waals surface area contributed by atoms with Gasteiger partial charge in [-0.1, -0.05) is 26.5 Å². The van der Waals surface area contributed by atoms with E-state index in [2.05, 4.69) is 53.3 Å². The second-order valence-electron chi connectivity index (χ2n) is 16.2. The lowest BCUT2D eigenvalue weighted by molar-refractivity contribution is -0.142. The normalized spacial score (nSPS) is 21.1. The Hall–Kier alpha value is -6.78. The molecule has 328 valence electrons. The zero-order valence-electron chi connectivity index (χ0n) is 36.1. The molecule has 62 heavy (non-hydrogen) atoms. The predicted octanol–water partition coefficient (Wildman–Crippen LogP) is 3.79. The van der Waals surface area contributed by atoms with Gasteiger partial charge in [-0.15, -0.1) is 0 Å². The third-order valence-electron chi connectivity index (χ3n) is 12.1. The molecule has 4 atom stereocenters. The Balaban J connectivity index is 1.31. The van der Waals surface area contributed by atoms with E-state index in [4.69, 9.17) is 37.9 Å². The highest BCUT2D eigenvalue weighted by molar-refractivity contribution is 6.21. The number of aliphatic hydroxyl groups excluding tert-OH is 1. The van der Waals surface area contributed by atoms with Gasteiger partial charge in [0, 0.05) is 65.9 Å². The number of carbonyl (C=O) groups is 3. The third-order valence-corrected chi connectivity index (χ3v) is 12.1. The van der Waals surface area contributed by atoms with Crippen LogP contribution in [0.2, 0.25) is 0 Å². The molecule has 6 aliphatic rings. The number of aliphatic carboxylic acids is 1. The number of carboxylic acids is 1. The number of rotatable bonds is 17. The first kappa shape index (κ1) is 44.8. The van der Waals surface area contributed by atoms with Crippen LogP contribution in [0, 0.1) is 11.8 Å². The number of aliphatic imine (C=N–C) groups is 5. The topological polar surface area (TPSA) is 294 Å². The minimum Gasteiger partial charge on any atom is -0.511 e. The van der Waals surface area contributed by atoms with Crippen molar-refractivity contribution in [2.45, 2.75) is 98.1 Å². The number of hydrogen-bond donors (Lipinski definition) is 9. The van der Waals surface area contributed by atoms with Crippen LogP contribution in [0.5, 0.6) is 0 Å². The molecule has 0 aromatic rings. The predicted molar refractivity (Wildman–Crippen MR) is 243 cm³/mol. The Morgan fingerprint density at radius 3 is 2.19 bits per heavy atom. The summed E-state index contributed by atoms with van der Waals surface area (Å²) in [7, 11) is 0. The maximum absolute atomic E-state index is 13.9. The zero-order chi connectivity index (χ0) is 45.0. The summed E-state index contributed by atoms with van der Waals surface area (Å²) < 4.78 is 0. The standard InChI is InChI=1S/C45H58N12O5/c1-7-25-21(3)31-18-33-23(5)27(13-14-38(59)54-29(11-9-15-50-44(46)47)42(60)57-30(43(61)62)12-10-16-51-45(48)49)40(55-33)28-17-37(58)39-24(6)34(56-41(28)39)20-36-26(8-2)22(4)32(53-36)19-35(25)52-31/h7,18-20,23,27,29-30,55,58H,1,8-17H2,2-6H3,(H,54,59)(H,57,60)(H,61,62)(H4,46,47,50)(H4,48,49,51)/t23-,27-,29-,30-/m0/s1. The largest absolute Gasteiger partial charge is 0.511 e. The molecule has 13 N–H and O–H groups in total. The van der Waals surface area contributed by atoms with E-state index in [1.165, 1.54) is 0 Å². The number of allylic oxidation sites excluding steroid dienone is 12. The van der Waals surface area contributed by atoms with Gasteiger partial charge in [0.1, 0.15) is 17.8 Å². The van der Waals surface area contributed by atoms with Gasteiger partial charge in [-0.2, -0.15) is 0 Å². The Bertz CT molecular complexity index is 2390. The van der Waals surface area contributed by atoms with Crippen molar-refractivity contribution >= 4 is 46.8 Å². The van der Waals surface area contributed by atoms with Crippen LogP contribution in [0.4, 0.5) is 0 Å². The van der Waals surface area contributed by atoms with E-state index in [0.717, 1.165) is 79.8 Å². The summed E-state index contributed by atoms with van der Waals surface area (Å²) in [5.41, 5.74) is 34.6. The molecule has 17 nitrogen and oxygen atoms in total. The number of carbonyl (C=O) groups excluding carboxylic acids is 2. The molecule has 0 radical (unpaired) electrons. The highest BCUT2D eigenvalue weighted by Crippen LogP contribution is 2.46. The zero-order valence-corrected chi connectivity index (χ0v) is 36.1. The molecule has 0 saturated carbocycles. The first-order valence-electron chi connectivity index (χ1n) is 21.1. The van der Waals surface area contributed by atoms with Crippen LogP contribution in [-0.4, -0.2) is 82.2 Å². The number of hydrogen-bond acceptors (Lipinski definition) is 10. The number of guanidine groups is 2. The fourth-order valence-corrected chi connectivity index (χ4v) is 8.74. The summed E-state index contributed by atoms with van der Waals surface area (Å²) in [5.74, 6) is -2.61. The van der Waals surface area contributed by atoms with Gasteiger partial charge >= 0.3 is 5.97 Å². The molecule has 1 saturated heterocycles. The Morgan fingerprint density at radius 1 is 0.919 bits per heavy atom. The van der Waals surface area contributed by atoms with E-state index in [1.807, 2.05) is 38.2 Å². The van der Waals surface area contributed by atoms with Crippen molar-refractivity contribution < 1.29 is 24.6 Å². The first-order chi connectivity index (χ1) is 29.5. The molecule has 0 unspecified atom stereocenters. The van der Waals surface area contributed by atoms with Gasteiger partial charge in [-0.25, -0.2) is 19.8 Å². The molecule has 0 aromatic carbocycles. The highest BCUT2D eigenvalue weighted by atomic mass is 16.4. The van der Waals surface area contributed by atoms with Gasteiger partial charge < -0.3 is 49.1 Å². The van der Waals surface area contributed by atoms with Crippen LogP contribution in [0.25, 0.3) is 0 Å². The lowest BCUT2D eigenvalue weighted by atomic mass is 9.86. The maximum atomic E-state index is 13.9. The SMILES string of the molecule is C=CC1=C(C)C2=NC1=CC1=NC(=CC3=C(C)C4=C(O)CC(=C5NC(=C2)[C@@H](C)[C@@H]5CCC(=O)N[C@@H](CCCN=C(N)N)C(=O)N[C@@H](CCCN=C(N)N)C(=O)O)C4=N3)C(CC)=C1C. The van der Waals surface area contributed by atoms with Gasteiger partial charge in [0.15, 0.2) is 11.9 Å². The molecule has 5 aliphatic heterocycles. The lowest BCUT2D eigenvalue weighted by Crippen LogP contribution is -2.51. The Labute approximate surface area is 361 Å². The molecule has 5 heterocycles. The smallest absolute Gasteiger partial charge is 0.326 e. The molecule has 0 spiro atoms. The number of fused-ring (bicyclic) bond motifs is 5. The van der Waals surface area contributed by atoms with E-state index in [1.54, 1.807) is 0 Å². The minimum atomic E-state index is -1.23. The van der Waals surface area contributed by atoms with Gasteiger partial charge in [-0.05, 0) is 99.8 Å². The number of aliphatic hydroxyl groups is 1. The molecule has 0 aromatic heterocycles. The number of amides is 2. The third kappa shape index (κ3) is 9.41. The van der Waals surface area contributed by atoms with Crippen LogP contribution < -0.4 is 38.9 Å². The molecular weight excluding hydrogens is 789 g/mol. The van der Waals surface area contributed by atoms with Gasteiger partial charge in [-0.3, -0.25) is 19.6 Å². The van der Waals surface area contributed by atoms with E-state index in [0.29, 0.717) is 30.5 Å². The molecular formula is C45H58N12O5. The highest BCUT2D eigenvalue weighted by Gasteiger charge is 2.41. The number of nitrogens with two attached hydrogens (primary N) is 4. The van der Waals surface area contributed by atoms with Crippen molar-refractivity contribution in [1.82, 2.24) is 16.0 Å². The molecule has 6 rings (SSSR count). The monoisotopic (exact) mass is 846 g/mol. The number of nitrogens with zero attached hydrogens (tertiary/aromatic N) is 5. The molecule has 17 heteroatoms. The molecule has 1 aliphatic carbocycles. The molecule has 8 bridgehead atoms. The quantitative estimate of drug-likeness (QED) is 0.0580. The maximum Gasteiger partial charge on any atom is 0.326 e. The van der Waals surface area contributed by atoms with Crippen molar-refractivity contribution in [3.05, 3.63) is 104 Å². The van der Waals surface area contributed by atoms with E-state index in [-0.39, 0.29) is 68.3 Å². The lowest BCUT2D eigenvalue weighted by Gasteiger charge is -2.22. The number of nitrogens with one attached hydrogen (secondary N) is 3. The summed E-state index contributed by atoms with van der Waals surface area (Å²) in [4.78, 5) is 62.7. The van der Waals surface area contributed by atoms with Crippen LogP contribution in [0.15, 0.2) is 129 Å². The van der Waals surface area contributed by atoms with Gasteiger partial charge in [0.05, 0.1) is 34.2 Å². The molecule has 1 fully saturated rings. The summed E-state index contributed by atoms with van der Waals surface area (Å²) >= 11 is 0. The van der Waals surface area contributed by atoms with Crippen molar-refractivity contribution in [3.63, 3.8) is 0 Å². The second-order valence-corrected chi connectivity index (χ2v) is 16.2. The summed E-state index contributed by atoms with van der Waals surface area (Å²) in [6, 6.07) is -2.30. The van der Waals surface area contributed by atoms with Crippen molar-refractivity contribution in [3.8, 4) is 0 Å². The van der Waals surface area contributed by atoms with Crippen LogP contribution >= 0.6 is 0 Å². The van der Waals surface area contributed by atoms with Crippen molar-refractivity contribution in [1.29, 1.82) is 0 Å². The fourth-order valence-electron chi connectivity index (χ4n) is 8.74. The van der Waals surface area contributed by atoms with Crippen LogP contribution in [0.3, 0.4) is 0 Å². The summed E-state index contributed by atoms with van der Waals surface area (Å²) in [6.45, 7) is 14.8. The summed E-state index contributed by atoms with van der Waals surface area (Å²) in [6.07, 6.45) is 10.2. The second kappa shape index (κ2) is 18.9.